The highest BCUT2D eigenvalue weighted by molar-refractivity contribution is 5.88. The molecular weight excluding hydrogens is 186 g/mol. The van der Waals surface area contributed by atoms with E-state index in [0.717, 1.165) is 0 Å². The molecule has 0 aliphatic rings. The van der Waals surface area contributed by atoms with Gasteiger partial charge in [0.1, 0.15) is 18.3 Å². The van der Waals surface area contributed by atoms with Gasteiger partial charge >= 0.3 is 0 Å². The van der Waals surface area contributed by atoms with Crippen LogP contribution in [0, 0.1) is 0 Å². The summed E-state index contributed by atoms with van der Waals surface area (Å²) in [6.07, 6.45) is 0.102. The Hall–Kier alpha value is -1.86. The van der Waals surface area contributed by atoms with Crippen molar-refractivity contribution in [1.29, 1.82) is 0 Å². The molecule has 0 fully saturated rings. The van der Waals surface area contributed by atoms with Crippen LogP contribution in [-0.2, 0) is 0 Å². The number of rotatable bonds is 1. The van der Waals surface area contributed by atoms with E-state index >= 15 is 0 Å². The van der Waals surface area contributed by atoms with E-state index in [1.807, 2.05) is 0 Å². The molecule has 2 heterocycles. The fourth-order valence-corrected chi connectivity index (χ4v) is 1.23. The van der Waals surface area contributed by atoms with E-state index < -0.39 is 6.23 Å². The van der Waals surface area contributed by atoms with Crippen LogP contribution in [0.4, 0.5) is 11.8 Å². The summed E-state index contributed by atoms with van der Waals surface area (Å²) in [5, 5.41) is 9.58. The van der Waals surface area contributed by atoms with Crippen molar-refractivity contribution in [3.63, 3.8) is 0 Å². The lowest BCUT2D eigenvalue weighted by Gasteiger charge is -2.02. The maximum Gasteiger partial charge on any atom is 0.233 e. The van der Waals surface area contributed by atoms with E-state index in [0.29, 0.717) is 10.9 Å². The van der Waals surface area contributed by atoms with Crippen molar-refractivity contribution in [3.8, 4) is 0 Å². The highest BCUT2D eigenvalue weighted by Gasteiger charge is 2.16. The number of aliphatic hydroxyl groups is 1. The van der Waals surface area contributed by atoms with Gasteiger partial charge in [-0.25, -0.2) is 0 Å². The van der Waals surface area contributed by atoms with Crippen molar-refractivity contribution in [2.45, 2.75) is 6.23 Å². The Morgan fingerprint density at radius 1 is 1.36 bits per heavy atom. The maximum absolute atomic E-state index is 9.18. The van der Waals surface area contributed by atoms with Gasteiger partial charge in [0.25, 0.3) is 0 Å². The molecule has 7 heteroatoms. The molecule has 1 unspecified atom stereocenters. The minimum Gasteiger partial charge on any atom is -0.445 e. The third-order valence-corrected chi connectivity index (χ3v) is 1.83. The molecule has 2 rings (SSSR count). The predicted octanol–water partition coefficient (Wildman–Crippen LogP) is -0.663. The molecule has 1 atom stereocenters. The van der Waals surface area contributed by atoms with Crippen molar-refractivity contribution in [2.24, 2.45) is 5.73 Å². The lowest BCUT2D eigenvalue weighted by Crippen LogP contribution is -2.09. The fraction of sp³-hybridized carbons (Fsp3) is 0.143. The first-order chi connectivity index (χ1) is 6.59. The van der Waals surface area contributed by atoms with E-state index in [-0.39, 0.29) is 17.5 Å². The van der Waals surface area contributed by atoms with Gasteiger partial charge in [0.15, 0.2) is 0 Å². The molecule has 0 radical (unpaired) electrons. The van der Waals surface area contributed by atoms with Gasteiger partial charge in [-0.15, -0.1) is 0 Å². The Morgan fingerprint density at radius 3 is 2.71 bits per heavy atom. The van der Waals surface area contributed by atoms with Crippen molar-refractivity contribution in [2.75, 3.05) is 11.5 Å². The van der Waals surface area contributed by atoms with Crippen LogP contribution in [0.25, 0.3) is 11.1 Å². The molecule has 0 saturated heterocycles. The second kappa shape index (κ2) is 2.82. The molecule has 74 valence electrons. The zero-order valence-electron chi connectivity index (χ0n) is 7.14. The monoisotopic (exact) mass is 195 g/mol. The molecule has 0 saturated carbocycles. The van der Waals surface area contributed by atoms with Gasteiger partial charge in [0.2, 0.25) is 11.7 Å². The van der Waals surface area contributed by atoms with Crippen molar-refractivity contribution in [3.05, 3.63) is 11.8 Å². The molecule has 0 aliphatic carbocycles. The van der Waals surface area contributed by atoms with Crippen molar-refractivity contribution in [1.82, 2.24) is 9.97 Å². The van der Waals surface area contributed by atoms with E-state index in [1.54, 1.807) is 0 Å². The molecule has 7 nitrogen and oxygen atoms in total. The van der Waals surface area contributed by atoms with Gasteiger partial charge in [-0.2, -0.15) is 9.97 Å². The van der Waals surface area contributed by atoms with Crippen LogP contribution in [0.15, 0.2) is 10.7 Å². The molecular formula is C7H9N5O2. The molecule has 0 aromatic carbocycles. The minimum atomic E-state index is -1.18. The molecule has 0 aliphatic heterocycles. The summed E-state index contributed by atoms with van der Waals surface area (Å²) >= 11 is 0. The lowest BCUT2D eigenvalue weighted by atomic mass is 10.2. The van der Waals surface area contributed by atoms with E-state index in [2.05, 4.69) is 9.97 Å². The molecule has 2 aromatic rings. The van der Waals surface area contributed by atoms with Gasteiger partial charge in [-0.1, -0.05) is 0 Å². The minimum absolute atomic E-state index is 0.0161. The Balaban J connectivity index is 2.79. The zero-order valence-corrected chi connectivity index (χ0v) is 7.14. The summed E-state index contributed by atoms with van der Waals surface area (Å²) in [5.41, 5.74) is 16.8. The second-order valence-corrected chi connectivity index (χ2v) is 2.78. The Morgan fingerprint density at radius 2 is 2.07 bits per heavy atom. The smallest absolute Gasteiger partial charge is 0.233 e. The first kappa shape index (κ1) is 8.73. The van der Waals surface area contributed by atoms with Crippen LogP contribution in [0.2, 0.25) is 0 Å². The number of fused-ring (bicyclic) bond motifs is 1. The first-order valence-corrected chi connectivity index (χ1v) is 3.83. The summed E-state index contributed by atoms with van der Waals surface area (Å²) in [4.78, 5) is 7.53. The van der Waals surface area contributed by atoms with Gasteiger partial charge in [-0.3, -0.25) is 0 Å². The summed E-state index contributed by atoms with van der Waals surface area (Å²) in [5.74, 6) is 0.156. The summed E-state index contributed by atoms with van der Waals surface area (Å²) in [6.45, 7) is 0. The fourth-order valence-electron chi connectivity index (χ4n) is 1.23. The highest BCUT2D eigenvalue weighted by atomic mass is 16.3. The summed E-state index contributed by atoms with van der Waals surface area (Å²) in [7, 11) is 0. The highest BCUT2D eigenvalue weighted by Crippen LogP contribution is 2.27. The van der Waals surface area contributed by atoms with Crippen LogP contribution in [0.1, 0.15) is 11.8 Å². The van der Waals surface area contributed by atoms with Gasteiger partial charge in [0, 0.05) is 5.56 Å². The number of hydrogen-bond donors (Lipinski definition) is 4. The third-order valence-electron chi connectivity index (χ3n) is 1.83. The largest absolute Gasteiger partial charge is 0.445 e. The van der Waals surface area contributed by atoms with Gasteiger partial charge in [-0.05, 0) is 0 Å². The average molecular weight is 195 g/mol. The Bertz CT molecular complexity index is 478. The topological polar surface area (TPSA) is 137 Å². The molecule has 2 aromatic heterocycles. The average Bonchev–Trinajstić information content (AvgIpc) is 2.47. The van der Waals surface area contributed by atoms with Crippen LogP contribution in [-0.4, -0.2) is 15.1 Å². The summed E-state index contributed by atoms with van der Waals surface area (Å²) < 4.78 is 5.02. The number of nitrogens with two attached hydrogens (primary N) is 3. The Labute approximate surface area is 78.5 Å². The number of aliphatic hydroxyl groups excluding tert-OH is 1. The van der Waals surface area contributed by atoms with E-state index in [1.165, 1.54) is 6.26 Å². The van der Waals surface area contributed by atoms with Crippen LogP contribution >= 0.6 is 0 Å². The zero-order chi connectivity index (χ0) is 10.3. The number of nitrogens with zero attached hydrogens (tertiary/aromatic N) is 2. The van der Waals surface area contributed by atoms with Crippen LogP contribution in [0.5, 0.6) is 0 Å². The van der Waals surface area contributed by atoms with Crippen LogP contribution < -0.4 is 17.2 Å². The quantitative estimate of drug-likeness (QED) is 0.443. The predicted molar refractivity (Wildman–Crippen MR) is 49.8 cm³/mol. The maximum atomic E-state index is 9.18. The first-order valence-electron chi connectivity index (χ1n) is 3.83. The number of hydrogen-bond acceptors (Lipinski definition) is 7. The van der Waals surface area contributed by atoms with Crippen LogP contribution in [0.3, 0.4) is 0 Å². The standard InChI is InChI=1S/C7H9N5O2/c8-4-3-2(5(9)13)1-14-6(3)12-7(10)11-4/h1,5,13H,9H2,(H4,8,10,11,12). The molecule has 0 spiro atoms. The summed E-state index contributed by atoms with van der Waals surface area (Å²) in [6, 6.07) is 0. The SMILES string of the molecule is Nc1nc(N)c2c(C(N)O)coc2n1. The normalized spacial score (nSPS) is 13.3. The van der Waals surface area contributed by atoms with E-state index in [9.17, 15) is 5.11 Å². The molecule has 7 N–H and O–H groups in total. The molecule has 14 heavy (non-hydrogen) atoms. The molecule has 0 bridgehead atoms. The van der Waals surface area contributed by atoms with Gasteiger partial charge < -0.3 is 26.7 Å². The lowest BCUT2D eigenvalue weighted by molar-refractivity contribution is 0.186. The van der Waals surface area contributed by atoms with Gasteiger partial charge in [0.05, 0.1) is 5.39 Å². The number of furan rings is 1. The number of nitrogen functional groups attached to an aromatic ring is 2. The Kier molecular flexibility index (Phi) is 1.76. The van der Waals surface area contributed by atoms with E-state index in [4.69, 9.17) is 21.6 Å². The number of aromatic nitrogens is 2. The second-order valence-electron chi connectivity index (χ2n) is 2.78. The molecule has 0 amide bonds. The van der Waals surface area contributed by atoms with Crippen molar-refractivity contribution < 1.29 is 9.52 Å². The third kappa shape index (κ3) is 1.15. The number of anilines is 2. The van der Waals surface area contributed by atoms with Crippen molar-refractivity contribution >= 4 is 22.9 Å².